The Kier molecular flexibility index (Phi) is 4.61. The zero-order valence-electron chi connectivity index (χ0n) is 9.59. The Morgan fingerprint density at radius 2 is 1.79 bits per heavy atom. The first-order chi connectivity index (χ1) is 8.63. The van der Waals surface area contributed by atoms with Crippen LogP contribution >= 0.6 is 0 Å². The number of hydrogen-bond acceptors (Lipinski definition) is 3. The minimum atomic E-state index is -4.63. The molecule has 0 atom stereocenters. The minimum Gasteiger partial charge on any atom is -0.346 e. The fourth-order valence-electron chi connectivity index (χ4n) is 1.41. The van der Waals surface area contributed by atoms with Gasteiger partial charge >= 0.3 is 12.4 Å². The maximum Gasteiger partial charge on any atom is 0.416 e. The van der Waals surface area contributed by atoms with Crippen molar-refractivity contribution >= 4 is 5.82 Å². The number of nitrogens with two attached hydrogens (primary N) is 1. The van der Waals surface area contributed by atoms with Gasteiger partial charge in [-0.15, -0.1) is 0 Å². The van der Waals surface area contributed by atoms with Gasteiger partial charge in [0.2, 0.25) is 0 Å². The molecule has 0 aliphatic heterocycles. The second-order valence-corrected chi connectivity index (χ2v) is 3.73. The second kappa shape index (κ2) is 5.64. The molecule has 3 nitrogen and oxygen atoms in total. The van der Waals surface area contributed by atoms with Crippen molar-refractivity contribution in [1.82, 2.24) is 4.98 Å². The fraction of sp³-hybridized carbons (Fsp3) is 0.500. The quantitative estimate of drug-likeness (QED) is 0.865. The van der Waals surface area contributed by atoms with E-state index in [-0.39, 0.29) is 13.1 Å². The lowest BCUT2D eigenvalue weighted by Crippen LogP contribution is -2.38. The largest absolute Gasteiger partial charge is 0.416 e. The van der Waals surface area contributed by atoms with Gasteiger partial charge in [-0.05, 0) is 12.1 Å². The summed E-state index contributed by atoms with van der Waals surface area (Å²) in [6, 6.07) is 1.26. The van der Waals surface area contributed by atoms with Gasteiger partial charge in [0.05, 0.1) is 5.56 Å². The zero-order valence-corrected chi connectivity index (χ0v) is 9.59. The molecule has 1 heterocycles. The number of pyridine rings is 1. The van der Waals surface area contributed by atoms with E-state index < -0.39 is 30.3 Å². The standard InChI is InChI=1S/C10H11F6N3/c11-9(12,13)6-19(4-2-17)8-5-7(1-3-18-8)10(14,15)16/h1,3,5H,2,4,6,17H2. The van der Waals surface area contributed by atoms with Gasteiger partial charge in [0.1, 0.15) is 12.4 Å². The van der Waals surface area contributed by atoms with Crippen molar-refractivity contribution in [2.24, 2.45) is 5.73 Å². The summed E-state index contributed by atoms with van der Waals surface area (Å²) in [6.07, 6.45) is -8.37. The van der Waals surface area contributed by atoms with Crippen LogP contribution in [0.1, 0.15) is 5.56 Å². The highest BCUT2D eigenvalue weighted by Gasteiger charge is 2.34. The average Bonchev–Trinajstić information content (AvgIpc) is 2.26. The van der Waals surface area contributed by atoms with E-state index in [4.69, 9.17) is 5.73 Å². The van der Waals surface area contributed by atoms with Crippen LogP contribution in [0.4, 0.5) is 32.2 Å². The molecule has 0 aromatic carbocycles. The summed E-state index contributed by atoms with van der Waals surface area (Å²) < 4.78 is 74.3. The van der Waals surface area contributed by atoms with Gasteiger partial charge < -0.3 is 10.6 Å². The molecule has 1 rings (SSSR count). The first-order valence-corrected chi connectivity index (χ1v) is 5.18. The molecule has 1 aromatic rings. The molecule has 9 heteroatoms. The van der Waals surface area contributed by atoms with Crippen LogP contribution in [-0.2, 0) is 6.18 Å². The van der Waals surface area contributed by atoms with Gasteiger partial charge in [0.25, 0.3) is 0 Å². The Balaban J connectivity index is 3.03. The molecule has 0 bridgehead atoms. The van der Waals surface area contributed by atoms with E-state index in [2.05, 4.69) is 4.98 Å². The molecule has 19 heavy (non-hydrogen) atoms. The van der Waals surface area contributed by atoms with Gasteiger partial charge in [-0.2, -0.15) is 26.3 Å². The number of nitrogens with zero attached hydrogens (tertiary/aromatic N) is 2. The summed E-state index contributed by atoms with van der Waals surface area (Å²) >= 11 is 0. The van der Waals surface area contributed by atoms with E-state index in [1.807, 2.05) is 0 Å². The Morgan fingerprint density at radius 3 is 2.26 bits per heavy atom. The molecule has 108 valence electrons. The molecule has 0 saturated heterocycles. The van der Waals surface area contributed by atoms with Gasteiger partial charge in [-0.3, -0.25) is 0 Å². The third kappa shape index (κ3) is 4.93. The molecule has 1 aromatic heterocycles. The van der Waals surface area contributed by atoms with Gasteiger partial charge in [-0.1, -0.05) is 0 Å². The Morgan fingerprint density at radius 1 is 1.16 bits per heavy atom. The van der Waals surface area contributed by atoms with Crippen molar-refractivity contribution in [3.8, 4) is 0 Å². The zero-order chi connectivity index (χ0) is 14.7. The summed E-state index contributed by atoms with van der Waals surface area (Å²) in [5.74, 6) is -0.405. The van der Waals surface area contributed by atoms with E-state index in [0.29, 0.717) is 17.0 Å². The number of anilines is 1. The summed E-state index contributed by atoms with van der Waals surface area (Å²) in [7, 11) is 0. The van der Waals surface area contributed by atoms with Crippen LogP contribution in [0.25, 0.3) is 0 Å². The molecule has 0 aliphatic rings. The maximum absolute atomic E-state index is 12.5. The Hall–Kier alpha value is -1.51. The lowest BCUT2D eigenvalue weighted by Gasteiger charge is -2.24. The second-order valence-electron chi connectivity index (χ2n) is 3.73. The number of aromatic nitrogens is 1. The topological polar surface area (TPSA) is 42.1 Å². The molecule has 0 aliphatic carbocycles. The molecule has 0 radical (unpaired) electrons. The van der Waals surface area contributed by atoms with E-state index in [1.54, 1.807) is 0 Å². The highest BCUT2D eigenvalue weighted by Crippen LogP contribution is 2.31. The molecule has 0 saturated carbocycles. The summed E-state index contributed by atoms with van der Waals surface area (Å²) in [4.78, 5) is 4.19. The van der Waals surface area contributed by atoms with Crippen molar-refractivity contribution in [2.75, 3.05) is 24.5 Å². The average molecular weight is 287 g/mol. The Bertz CT molecular complexity index is 414. The molecule has 0 spiro atoms. The summed E-state index contributed by atoms with van der Waals surface area (Å²) in [5, 5.41) is 0. The highest BCUT2D eigenvalue weighted by molar-refractivity contribution is 5.42. The molecule has 0 amide bonds. The van der Waals surface area contributed by atoms with Crippen molar-refractivity contribution in [1.29, 1.82) is 0 Å². The lowest BCUT2D eigenvalue weighted by molar-refractivity contribution is -0.137. The van der Waals surface area contributed by atoms with Crippen molar-refractivity contribution in [3.63, 3.8) is 0 Å². The highest BCUT2D eigenvalue weighted by atomic mass is 19.4. The minimum absolute atomic E-state index is 0.131. The third-order valence-electron chi connectivity index (χ3n) is 2.17. The Labute approximate surface area is 105 Å². The van der Waals surface area contributed by atoms with Crippen LogP contribution in [0.15, 0.2) is 18.3 Å². The first kappa shape index (κ1) is 15.5. The summed E-state index contributed by atoms with van der Waals surface area (Å²) in [5.41, 5.74) is 4.10. The normalized spacial score (nSPS) is 12.6. The van der Waals surface area contributed by atoms with E-state index in [1.165, 1.54) is 0 Å². The monoisotopic (exact) mass is 287 g/mol. The van der Waals surface area contributed by atoms with Crippen LogP contribution in [0.3, 0.4) is 0 Å². The smallest absolute Gasteiger partial charge is 0.346 e. The molecular formula is C10H11F6N3. The van der Waals surface area contributed by atoms with Gasteiger partial charge in [0.15, 0.2) is 0 Å². The number of alkyl halides is 6. The van der Waals surface area contributed by atoms with E-state index in [9.17, 15) is 26.3 Å². The van der Waals surface area contributed by atoms with Crippen LogP contribution < -0.4 is 10.6 Å². The third-order valence-corrected chi connectivity index (χ3v) is 2.17. The SMILES string of the molecule is NCCN(CC(F)(F)F)c1cc(C(F)(F)F)ccn1. The lowest BCUT2D eigenvalue weighted by atomic mass is 10.2. The first-order valence-electron chi connectivity index (χ1n) is 5.18. The summed E-state index contributed by atoms with van der Waals surface area (Å²) in [6.45, 7) is -1.78. The van der Waals surface area contributed by atoms with Crippen LogP contribution in [-0.4, -0.2) is 30.8 Å². The fourth-order valence-corrected chi connectivity index (χ4v) is 1.41. The van der Waals surface area contributed by atoms with Crippen LogP contribution in [0, 0.1) is 0 Å². The van der Waals surface area contributed by atoms with Crippen molar-refractivity contribution in [2.45, 2.75) is 12.4 Å². The van der Waals surface area contributed by atoms with Gasteiger partial charge in [-0.25, -0.2) is 4.98 Å². The molecule has 0 unspecified atom stereocenters. The predicted octanol–water partition coefficient (Wildman–Crippen LogP) is 2.43. The number of hydrogen-bond donors (Lipinski definition) is 1. The van der Waals surface area contributed by atoms with E-state index >= 15 is 0 Å². The van der Waals surface area contributed by atoms with Crippen molar-refractivity contribution < 1.29 is 26.3 Å². The number of rotatable bonds is 4. The van der Waals surface area contributed by atoms with Crippen LogP contribution in [0.5, 0.6) is 0 Å². The van der Waals surface area contributed by atoms with E-state index in [0.717, 1.165) is 6.20 Å². The predicted molar refractivity (Wildman–Crippen MR) is 56.6 cm³/mol. The molecule has 0 fully saturated rings. The van der Waals surface area contributed by atoms with Gasteiger partial charge in [0, 0.05) is 19.3 Å². The maximum atomic E-state index is 12.5. The number of halogens is 6. The van der Waals surface area contributed by atoms with Crippen molar-refractivity contribution in [3.05, 3.63) is 23.9 Å². The molecule has 2 N–H and O–H groups in total. The van der Waals surface area contributed by atoms with Crippen LogP contribution in [0.2, 0.25) is 0 Å². The molecular weight excluding hydrogens is 276 g/mol.